The Morgan fingerprint density at radius 3 is 2.14 bits per heavy atom. The van der Waals surface area contributed by atoms with E-state index in [-0.39, 0.29) is 11.4 Å². The number of nitrogens with one attached hydrogen (secondary N) is 2. The number of hydrogen-bond acceptors (Lipinski definition) is 6. The third kappa shape index (κ3) is 6.21. The van der Waals surface area contributed by atoms with E-state index in [1.54, 1.807) is 51.3 Å². The Morgan fingerprint density at radius 2 is 1.61 bits per heavy atom. The number of hydrogen-bond donors (Lipinski definition) is 2. The maximum absolute atomic E-state index is 13.4. The summed E-state index contributed by atoms with van der Waals surface area (Å²) in [4.78, 5) is 43.7. The Labute approximate surface area is 206 Å². The number of benzene rings is 2. The van der Waals surface area contributed by atoms with Gasteiger partial charge < -0.3 is 19.7 Å². The van der Waals surface area contributed by atoms with E-state index in [0.29, 0.717) is 31.1 Å². The van der Waals surface area contributed by atoms with Crippen LogP contribution in [0.1, 0.15) is 38.8 Å². The monoisotopic (exact) mass is 504 g/mol. The molecule has 3 rings (SSSR count). The molecule has 2 aromatic rings. The minimum absolute atomic E-state index is 0.122. The molecule has 1 aliphatic rings. The van der Waals surface area contributed by atoms with Crippen molar-refractivity contribution in [1.82, 2.24) is 0 Å². The molecule has 0 fully saturated rings. The van der Waals surface area contributed by atoms with E-state index in [1.807, 2.05) is 4.90 Å². The van der Waals surface area contributed by atoms with Gasteiger partial charge in [0.05, 0.1) is 23.5 Å². The van der Waals surface area contributed by atoms with Gasteiger partial charge in [0.25, 0.3) is 0 Å². The van der Waals surface area contributed by atoms with Crippen molar-refractivity contribution in [2.45, 2.75) is 44.9 Å². The predicted molar refractivity (Wildman–Crippen MR) is 130 cm³/mol. The lowest BCUT2D eigenvalue weighted by Crippen LogP contribution is -2.39. The fourth-order valence-corrected chi connectivity index (χ4v) is 3.43. The Balaban J connectivity index is 1.90. The van der Waals surface area contributed by atoms with Crippen molar-refractivity contribution in [2.24, 2.45) is 4.99 Å². The van der Waals surface area contributed by atoms with Crippen LogP contribution < -0.4 is 15.5 Å². The summed E-state index contributed by atoms with van der Waals surface area (Å²) in [6.45, 7) is 7.36. The number of carbonyl (C=O) groups excluding carboxylic acids is 3. The van der Waals surface area contributed by atoms with Crippen LogP contribution in [0.5, 0.6) is 0 Å². The Hall–Kier alpha value is -3.89. The van der Waals surface area contributed by atoms with Crippen LogP contribution in [0.3, 0.4) is 0 Å². The lowest BCUT2D eigenvalue weighted by atomic mass is 9.82. The van der Waals surface area contributed by atoms with Crippen LogP contribution in [0.2, 0.25) is 0 Å². The first kappa shape index (κ1) is 26.7. The Kier molecular flexibility index (Phi) is 7.42. The Bertz CT molecular complexity index is 1170. The molecule has 0 saturated heterocycles. The third-order valence-corrected chi connectivity index (χ3v) is 5.45. The number of ether oxygens (including phenoxy) is 1. The molecule has 0 bridgehead atoms. The molecular formula is C25H27F3N4O4. The molecule has 0 saturated carbocycles. The van der Waals surface area contributed by atoms with Gasteiger partial charge in [-0.3, -0.25) is 15.1 Å². The maximum Gasteiger partial charge on any atom is 0.416 e. The lowest BCUT2D eigenvalue weighted by Gasteiger charge is -2.25. The molecule has 1 aliphatic heterocycles. The number of nitrogens with zero attached hydrogens (tertiary/aromatic N) is 2. The summed E-state index contributed by atoms with van der Waals surface area (Å²) in [5.74, 6) is -0.874. The number of rotatable bonds is 6. The average Bonchev–Trinajstić information content (AvgIpc) is 3.32. The summed E-state index contributed by atoms with van der Waals surface area (Å²) < 4.78 is 45.2. The molecule has 2 N–H and O–H groups in total. The number of aliphatic imine (C=N–C) groups is 1. The van der Waals surface area contributed by atoms with E-state index in [9.17, 15) is 27.6 Å². The summed E-state index contributed by atoms with van der Waals surface area (Å²) in [6, 6.07) is 9.14. The molecule has 0 aliphatic carbocycles. The first-order chi connectivity index (χ1) is 16.7. The minimum atomic E-state index is -4.70. The molecule has 0 radical (unpaired) electrons. The smallest absolute Gasteiger partial charge is 0.416 e. The van der Waals surface area contributed by atoms with Crippen molar-refractivity contribution in [3.8, 4) is 0 Å². The molecule has 11 heteroatoms. The van der Waals surface area contributed by atoms with Crippen LogP contribution in [0.25, 0.3) is 0 Å². The van der Waals surface area contributed by atoms with E-state index >= 15 is 0 Å². The first-order valence-corrected chi connectivity index (χ1v) is 11.1. The largest absolute Gasteiger partial charge is 0.444 e. The minimum Gasteiger partial charge on any atom is -0.444 e. The standard InChI is InChI=1S/C25H27F3N4O4/c1-23(2,3)36-22(35)31-19-10-7-17(25(26,27)28)13-20(19)30-21(34)24(4,14-33)16-5-8-18(9-6-16)32-12-11-29-15-32/h5-11,13-14H,12,15H2,1-4H3,(H,30,34)(H,31,35). The molecule has 36 heavy (non-hydrogen) atoms. The molecule has 1 atom stereocenters. The zero-order valence-corrected chi connectivity index (χ0v) is 20.3. The van der Waals surface area contributed by atoms with Gasteiger partial charge in [0.1, 0.15) is 24.0 Å². The van der Waals surface area contributed by atoms with Gasteiger partial charge in [-0.15, -0.1) is 0 Å². The van der Waals surface area contributed by atoms with Gasteiger partial charge in [0, 0.05) is 11.9 Å². The summed E-state index contributed by atoms with van der Waals surface area (Å²) in [5.41, 5.74) is -2.90. The summed E-state index contributed by atoms with van der Waals surface area (Å²) in [6.07, 6.45) is -3.43. The van der Waals surface area contributed by atoms with Crippen LogP contribution in [-0.2, 0) is 25.9 Å². The normalized spacial score (nSPS) is 15.2. The number of carbonyl (C=O) groups is 3. The van der Waals surface area contributed by atoms with Crippen molar-refractivity contribution in [3.05, 3.63) is 53.6 Å². The van der Waals surface area contributed by atoms with Crippen LogP contribution in [-0.4, -0.2) is 43.3 Å². The maximum atomic E-state index is 13.4. The summed E-state index contributed by atoms with van der Waals surface area (Å²) in [7, 11) is 0. The highest BCUT2D eigenvalue weighted by Gasteiger charge is 2.37. The van der Waals surface area contributed by atoms with E-state index in [0.717, 1.165) is 17.8 Å². The van der Waals surface area contributed by atoms with Crippen LogP contribution in [0.4, 0.5) is 35.0 Å². The molecule has 192 valence electrons. The molecule has 0 spiro atoms. The molecule has 2 aromatic carbocycles. The molecule has 2 amide bonds. The molecule has 1 heterocycles. The van der Waals surface area contributed by atoms with Gasteiger partial charge in [-0.1, -0.05) is 12.1 Å². The number of amides is 2. The van der Waals surface area contributed by atoms with Crippen molar-refractivity contribution < 1.29 is 32.3 Å². The van der Waals surface area contributed by atoms with Crippen LogP contribution >= 0.6 is 0 Å². The highest BCUT2D eigenvalue weighted by atomic mass is 19.4. The quantitative estimate of drug-likeness (QED) is 0.426. The van der Waals surface area contributed by atoms with Crippen LogP contribution in [0.15, 0.2) is 47.5 Å². The van der Waals surface area contributed by atoms with Crippen molar-refractivity contribution in [2.75, 3.05) is 28.7 Å². The molecule has 0 aromatic heterocycles. The van der Waals surface area contributed by atoms with Gasteiger partial charge in [-0.05, 0) is 63.6 Å². The summed E-state index contributed by atoms with van der Waals surface area (Å²) >= 11 is 0. The second kappa shape index (κ2) is 10.00. The zero-order valence-electron chi connectivity index (χ0n) is 20.3. The van der Waals surface area contributed by atoms with Gasteiger partial charge in [-0.2, -0.15) is 13.2 Å². The first-order valence-electron chi connectivity index (χ1n) is 11.1. The number of halogens is 3. The summed E-state index contributed by atoms with van der Waals surface area (Å²) in [5, 5.41) is 4.73. The highest BCUT2D eigenvalue weighted by Crippen LogP contribution is 2.35. The van der Waals surface area contributed by atoms with Crippen molar-refractivity contribution in [1.29, 1.82) is 0 Å². The lowest BCUT2D eigenvalue weighted by molar-refractivity contribution is -0.137. The predicted octanol–water partition coefficient (Wildman–Crippen LogP) is 5.00. The van der Waals surface area contributed by atoms with Crippen molar-refractivity contribution >= 4 is 41.6 Å². The number of aldehydes is 1. The highest BCUT2D eigenvalue weighted by molar-refractivity contribution is 6.11. The van der Waals surface area contributed by atoms with Gasteiger partial charge in [0.2, 0.25) is 5.91 Å². The van der Waals surface area contributed by atoms with Crippen LogP contribution in [0, 0.1) is 0 Å². The Morgan fingerprint density at radius 1 is 0.972 bits per heavy atom. The SMILES string of the molecule is CC(C)(C)OC(=O)Nc1ccc(C(F)(F)F)cc1NC(=O)C(C)(C=O)c1ccc(N2CC=NC2)cc1. The average molecular weight is 505 g/mol. The molecular weight excluding hydrogens is 477 g/mol. The molecule has 8 nitrogen and oxygen atoms in total. The van der Waals surface area contributed by atoms with Gasteiger partial charge in [-0.25, -0.2) is 4.79 Å². The fourth-order valence-electron chi connectivity index (χ4n) is 3.43. The number of alkyl halides is 3. The zero-order chi connectivity index (χ0) is 26.7. The second-order valence-electron chi connectivity index (χ2n) is 9.44. The van der Waals surface area contributed by atoms with Crippen molar-refractivity contribution in [3.63, 3.8) is 0 Å². The van der Waals surface area contributed by atoms with E-state index in [4.69, 9.17) is 4.74 Å². The third-order valence-electron chi connectivity index (χ3n) is 5.45. The van der Waals surface area contributed by atoms with Gasteiger partial charge in [0.15, 0.2) is 0 Å². The number of anilines is 3. The molecule has 1 unspecified atom stereocenters. The fraction of sp³-hybridized carbons (Fsp3) is 0.360. The van der Waals surface area contributed by atoms with Gasteiger partial charge >= 0.3 is 12.3 Å². The topological polar surface area (TPSA) is 100 Å². The van der Waals surface area contributed by atoms with E-state index < -0.39 is 34.8 Å². The second-order valence-corrected chi connectivity index (χ2v) is 9.44. The van der Waals surface area contributed by atoms with E-state index in [1.165, 1.54) is 6.92 Å². The van der Waals surface area contributed by atoms with E-state index in [2.05, 4.69) is 15.6 Å².